The number of aliphatic imine (C=N–C) groups is 1. The van der Waals surface area contributed by atoms with Gasteiger partial charge in [-0.15, -0.1) is 0 Å². The van der Waals surface area contributed by atoms with E-state index in [-0.39, 0.29) is 10.1 Å². The maximum atomic E-state index is 13.1. The van der Waals surface area contributed by atoms with Crippen LogP contribution in [0.15, 0.2) is 82.7 Å². The molecule has 3 aromatic rings. The van der Waals surface area contributed by atoms with Crippen LogP contribution in [0.2, 0.25) is 5.02 Å². The number of methoxy groups -OCH3 is 1. The molecule has 1 fully saturated rings. The lowest BCUT2D eigenvalue weighted by molar-refractivity contribution is -0.135. The van der Waals surface area contributed by atoms with Crippen molar-refractivity contribution >= 4 is 62.8 Å². The van der Waals surface area contributed by atoms with Crippen molar-refractivity contribution in [3.05, 3.63) is 88.3 Å². The summed E-state index contributed by atoms with van der Waals surface area (Å²) in [4.78, 5) is 43.4. The average molecular weight is 451 g/mol. The fourth-order valence-electron chi connectivity index (χ4n) is 3.09. The van der Waals surface area contributed by atoms with Crippen LogP contribution in [0.5, 0.6) is 0 Å². The molecule has 1 heterocycles. The zero-order valence-electron chi connectivity index (χ0n) is 16.2. The Morgan fingerprint density at radius 1 is 1.03 bits per heavy atom. The summed E-state index contributed by atoms with van der Waals surface area (Å²) in [5.41, 5.74) is 0.889. The molecule has 0 bridgehead atoms. The molecule has 0 saturated carbocycles. The summed E-state index contributed by atoms with van der Waals surface area (Å²) in [7, 11) is 1.22. The van der Waals surface area contributed by atoms with Crippen LogP contribution in [0.3, 0.4) is 0 Å². The number of hydrogen-bond acceptors (Lipinski definition) is 5. The SMILES string of the molecule is COC(=O)/C=C1\SC(=NC(=O)c2cccc3ccccc23)N(c2ccc(Cl)cc2)C1=O. The van der Waals surface area contributed by atoms with E-state index in [1.165, 1.54) is 12.0 Å². The molecule has 0 radical (unpaired) electrons. The fourth-order valence-corrected chi connectivity index (χ4v) is 4.16. The lowest BCUT2D eigenvalue weighted by Crippen LogP contribution is -2.29. The molecular weight excluding hydrogens is 436 g/mol. The molecule has 0 unspecified atom stereocenters. The number of amides is 2. The van der Waals surface area contributed by atoms with Crippen molar-refractivity contribution < 1.29 is 19.1 Å². The summed E-state index contributed by atoms with van der Waals surface area (Å²) in [6.45, 7) is 0. The number of fused-ring (bicyclic) bond motifs is 1. The Morgan fingerprint density at radius 3 is 2.48 bits per heavy atom. The Labute approximate surface area is 187 Å². The van der Waals surface area contributed by atoms with E-state index in [0.29, 0.717) is 16.3 Å². The van der Waals surface area contributed by atoms with Crippen molar-refractivity contribution in [3.63, 3.8) is 0 Å². The summed E-state index contributed by atoms with van der Waals surface area (Å²) in [5, 5.41) is 2.31. The standard InChI is InChI=1S/C23H15ClN2O4S/c1-30-20(27)13-19-22(29)26(16-11-9-15(24)10-12-16)23(31-19)25-21(28)18-8-4-6-14-5-2-3-7-17(14)18/h2-13H,1H3/b19-13-,25-23?. The van der Waals surface area contributed by atoms with Crippen LogP contribution in [0.1, 0.15) is 10.4 Å². The second kappa shape index (κ2) is 8.75. The second-order valence-corrected chi connectivity index (χ2v) is 7.92. The minimum atomic E-state index is -0.673. The first-order chi connectivity index (χ1) is 15.0. The summed E-state index contributed by atoms with van der Waals surface area (Å²) >= 11 is 6.89. The zero-order valence-corrected chi connectivity index (χ0v) is 17.8. The van der Waals surface area contributed by atoms with Crippen LogP contribution in [-0.2, 0) is 14.3 Å². The quantitative estimate of drug-likeness (QED) is 0.422. The van der Waals surface area contributed by atoms with Gasteiger partial charge in [0.25, 0.3) is 11.8 Å². The average Bonchev–Trinajstić information content (AvgIpc) is 3.08. The van der Waals surface area contributed by atoms with Gasteiger partial charge in [-0.1, -0.05) is 48.0 Å². The Balaban J connectivity index is 1.79. The summed E-state index contributed by atoms with van der Waals surface area (Å²) < 4.78 is 4.63. The van der Waals surface area contributed by atoms with E-state index in [2.05, 4.69) is 9.73 Å². The first kappa shape index (κ1) is 20.8. The molecule has 1 saturated heterocycles. The molecule has 2 amide bonds. The number of hydrogen-bond donors (Lipinski definition) is 0. The zero-order chi connectivity index (χ0) is 22.0. The molecule has 6 nitrogen and oxygen atoms in total. The van der Waals surface area contributed by atoms with Crippen LogP contribution in [0.25, 0.3) is 10.8 Å². The molecule has 0 spiro atoms. The minimum absolute atomic E-state index is 0.103. The van der Waals surface area contributed by atoms with E-state index in [9.17, 15) is 14.4 Å². The number of esters is 1. The van der Waals surface area contributed by atoms with Gasteiger partial charge in [0.05, 0.1) is 17.7 Å². The third-order valence-electron chi connectivity index (χ3n) is 4.56. The molecule has 8 heteroatoms. The molecule has 154 valence electrons. The molecular formula is C23H15ClN2O4S. The highest BCUT2D eigenvalue weighted by molar-refractivity contribution is 8.19. The third kappa shape index (κ3) is 4.23. The van der Waals surface area contributed by atoms with Gasteiger partial charge in [-0.25, -0.2) is 4.79 Å². The van der Waals surface area contributed by atoms with E-state index >= 15 is 0 Å². The van der Waals surface area contributed by atoms with Crippen LogP contribution in [0.4, 0.5) is 5.69 Å². The highest BCUT2D eigenvalue weighted by Crippen LogP contribution is 2.35. The molecule has 1 aliphatic heterocycles. The summed E-state index contributed by atoms with van der Waals surface area (Å²) in [5.74, 6) is -1.65. The second-order valence-electron chi connectivity index (χ2n) is 6.48. The highest BCUT2D eigenvalue weighted by Gasteiger charge is 2.36. The van der Waals surface area contributed by atoms with E-state index in [4.69, 9.17) is 11.6 Å². The van der Waals surface area contributed by atoms with Crippen LogP contribution < -0.4 is 4.90 Å². The van der Waals surface area contributed by atoms with E-state index in [0.717, 1.165) is 28.6 Å². The molecule has 4 rings (SSSR count). The number of nitrogens with zero attached hydrogens (tertiary/aromatic N) is 2. The molecule has 0 aromatic heterocycles. The van der Waals surface area contributed by atoms with Crippen LogP contribution in [0, 0.1) is 0 Å². The van der Waals surface area contributed by atoms with Crippen molar-refractivity contribution in [1.29, 1.82) is 0 Å². The number of amidine groups is 1. The Hall–Kier alpha value is -3.42. The number of benzene rings is 3. The van der Waals surface area contributed by atoms with E-state index in [1.807, 2.05) is 30.3 Å². The van der Waals surface area contributed by atoms with Gasteiger partial charge in [0.1, 0.15) is 0 Å². The summed E-state index contributed by atoms with van der Waals surface area (Å²) in [6.07, 6.45) is 1.08. The Kier molecular flexibility index (Phi) is 5.88. The van der Waals surface area contributed by atoms with Gasteiger partial charge in [-0.05, 0) is 52.9 Å². The van der Waals surface area contributed by atoms with Gasteiger partial charge in [-0.2, -0.15) is 4.99 Å². The number of carbonyl (C=O) groups is 3. The fraction of sp³-hybridized carbons (Fsp3) is 0.0435. The minimum Gasteiger partial charge on any atom is -0.466 e. The predicted octanol–water partition coefficient (Wildman–Crippen LogP) is 4.83. The molecule has 0 N–H and O–H groups in total. The maximum absolute atomic E-state index is 13.1. The topological polar surface area (TPSA) is 76.0 Å². The normalized spacial score (nSPS) is 16.3. The number of anilines is 1. The monoisotopic (exact) mass is 450 g/mol. The number of halogens is 1. The van der Waals surface area contributed by atoms with E-state index < -0.39 is 17.8 Å². The van der Waals surface area contributed by atoms with Crippen molar-refractivity contribution in [2.75, 3.05) is 12.0 Å². The maximum Gasteiger partial charge on any atom is 0.331 e. The number of ether oxygens (including phenoxy) is 1. The van der Waals surface area contributed by atoms with Crippen molar-refractivity contribution in [2.45, 2.75) is 0 Å². The van der Waals surface area contributed by atoms with Gasteiger partial charge >= 0.3 is 5.97 Å². The molecule has 0 atom stereocenters. The van der Waals surface area contributed by atoms with Gasteiger partial charge in [-0.3, -0.25) is 14.5 Å². The smallest absolute Gasteiger partial charge is 0.331 e. The van der Waals surface area contributed by atoms with Gasteiger partial charge in [0.2, 0.25) is 0 Å². The number of carbonyl (C=O) groups excluding carboxylic acids is 3. The van der Waals surface area contributed by atoms with E-state index in [1.54, 1.807) is 36.4 Å². The van der Waals surface area contributed by atoms with Gasteiger partial charge < -0.3 is 4.74 Å². The van der Waals surface area contributed by atoms with Crippen molar-refractivity contribution in [1.82, 2.24) is 0 Å². The van der Waals surface area contributed by atoms with Crippen LogP contribution >= 0.6 is 23.4 Å². The number of thioether (sulfide) groups is 1. The predicted molar refractivity (Wildman–Crippen MR) is 122 cm³/mol. The third-order valence-corrected chi connectivity index (χ3v) is 5.78. The molecule has 31 heavy (non-hydrogen) atoms. The van der Waals surface area contributed by atoms with Gasteiger partial charge in [0, 0.05) is 16.7 Å². The molecule has 3 aromatic carbocycles. The number of rotatable bonds is 3. The Morgan fingerprint density at radius 2 is 1.74 bits per heavy atom. The Bertz CT molecular complexity index is 1260. The lowest BCUT2D eigenvalue weighted by atomic mass is 10.0. The largest absolute Gasteiger partial charge is 0.466 e. The first-order valence-electron chi connectivity index (χ1n) is 9.16. The van der Waals surface area contributed by atoms with Crippen LogP contribution in [-0.4, -0.2) is 30.1 Å². The lowest BCUT2D eigenvalue weighted by Gasteiger charge is -2.15. The molecule has 1 aliphatic rings. The molecule has 0 aliphatic carbocycles. The first-order valence-corrected chi connectivity index (χ1v) is 10.4. The van der Waals surface area contributed by atoms with Crippen molar-refractivity contribution in [3.8, 4) is 0 Å². The summed E-state index contributed by atoms with van der Waals surface area (Å²) in [6, 6.07) is 19.4. The highest BCUT2D eigenvalue weighted by atomic mass is 35.5. The van der Waals surface area contributed by atoms with Gasteiger partial charge in [0.15, 0.2) is 5.17 Å². The van der Waals surface area contributed by atoms with Crippen molar-refractivity contribution in [2.24, 2.45) is 4.99 Å².